The SMILES string of the molecule is COc1ccc(Cn2nnnc2C(c2ccc(OC)c(OC)c2)N2CCC(C)CC2)cc1. The maximum Gasteiger partial charge on any atom is 0.173 e. The number of hydrogen-bond donors (Lipinski definition) is 0. The van der Waals surface area contributed by atoms with Crippen molar-refractivity contribution in [3.63, 3.8) is 0 Å². The molecule has 4 rings (SSSR count). The normalized spacial score (nSPS) is 16.0. The van der Waals surface area contributed by atoms with Gasteiger partial charge in [0.05, 0.1) is 33.9 Å². The lowest BCUT2D eigenvalue weighted by Gasteiger charge is -2.36. The summed E-state index contributed by atoms with van der Waals surface area (Å²) in [7, 11) is 4.98. The first-order valence-electron chi connectivity index (χ1n) is 11.0. The Morgan fingerprint density at radius 2 is 1.66 bits per heavy atom. The van der Waals surface area contributed by atoms with Crippen molar-refractivity contribution in [3.8, 4) is 17.2 Å². The minimum Gasteiger partial charge on any atom is -0.497 e. The second-order valence-electron chi connectivity index (χ2n) is 8.28. The fourth-order valence-corrected chi connectivity index (χ4v) is 4.26. The van der Waals surface area contributed by atoms with E-state index < -0.39 is 0 Å². The van der Waals surface area contributed by atoms with Gasteiger partial charge in [-0.15, -0.1) is 5.10 Å². The average Bonchev–Trinajstić information content (AvgIpc) is 3.28. The van der Waals surface area contributed by atoms with Gasteiger partial charge in [0.1, 0.15) is 5.75 Å². The molecule has 8 heteroatoms. The topological polar surface area (TPSA) is 74.5 Å². The fourth-order valence-electron chi connectivity index (χ4n) is 4.26. The minimum absolute atomic E-state index is 0.0736. The molecule has 170 valence electrons. The zero-order valence-corrected chi connectivity index (χ0v) is 19.2. The summed E-state index contributed by atoms with van der Waals surface area (Å²) in [5.74, 6) is 3.79. The summed E-state index contributed by atoms with van der Waals surface area (Å²) in [5.41, 5.74) is 2.20. The number of benzene rings is 2. The fraction of sp³-hybridized carbons (Fsp3) is 0.458. The van der Waals surface area contributed by atoms with Crippen LogP contribution in [0.3, 0.4) is 0 Å². The van der Waals surface area contributed by atoms with E-state index in [0.717, 1.165) is 54.5 Å². The lowest BCUT2D eigenvalue weighted by atomic mass is 9.95. The smallest absolute Gasteiger partial charge is 0.173 e. The zero-order chi connectivity index (χ0) is 22.5. The summed E-state index contributed by atoms with van der Waals surface area (Å²) < 4.78 is 18.2. The van der Waals surface area contributed by atoms with Gasteiger partial charge < -0.3 is 14.2 Å². The van der Waals surface area contributed by atoms with Crippen molar-refractivity contribution in [2.45, 2.75) is 32.4 Å². The summed E-state index contributed by atoms with van der Waals surface area (Å²) >= 11 is 0. The number of hydrogen-bond acceptors (Lipinski definition) is 7. The molecule has 0 bridgehead atoms. The molecule has 0 N–H and O–H groups in total. The molecular formula is C24H31N5O3. The lowest BCUT2D eigenvalue weighted by Crippen LogP contribution is -2.38. The van der Waals surface area contributed by atoms with Crippen molar-refractivity contribution >= 4 is 0 Å². The number of aromatic nitrogens is 4. The Balaban J connectivity index is 1.70. The predicted molar refractivity (Wildman–Crippen MR) is 121 cm³/mol. The number of rotatable bonds is 8. The number of ether oxygens (including phenoxy) is 3. The van der Waals surface area contributed by atoms with Crippen LogP contribution in [-0.2, 0) is 6.54 Å². The van der Waals surface area contributed by atoms with E-state index in [-0.39, 0.29) is 6.04 Å². The molecule has 8 nitrogen and oxygen atoms in total. The molecular weight excluding hydrogens is 406 g/mol. The third kappa shape index (κ3) is 4.70. The number of tetrazole rings is 1. The maximum absolute atomic E-state index is 5.58. The Hall–Kier alpha value is -3.13. The molecule has 1 saturated heterocycles. The highest BCUT2D eigenvalue weighted by Gasteiger charge is 2.31. The summed E-state index contributed by atoms with van der Waals surface area (Å²) in [6.45, 7) is 4.89. The van der Waals surface area contributed by atoms with Gasteiger partial charge in [-0.25, -0.2) is 4.68 Å². The van der Waals surface area contributed by atoms with Crippen molar-refractivity contribution in [3.05, 3.63) is 59.4 Å². The van der Waals surface area contributed by atoms with Crippen LogP contribution in [0.5, 0.6) is 17.2 Å². The van der Waals surface area contributed by atoms with E-state index in [9.17, 15) is 0 Å². The van der Waals surface area contributed by atoms with E-state index in [1.54, 1.807) is 21.3 Å². The second-order valence-corrected chi connectivity index (χ2v) is 8.28. The van der Waals surface area contributed by atoms with Crippen molar-refractivity contribution in [2.24, 2.45) is 5.92 Å². The number of piperidine rings is 1. The molecule has 0 spiro atoms. The Morgan fingerprint density at radius 1 is 0.938 bits per heavy atom. The first-order chi connectivity index (χ1) is 15.6. The van der Waals surface area contributed by atoms with Crippen LogP contribution >= 0.6 is 0 Å². The van der Waals surface area contributed by atoms with E-state index in [4.69, 9.17) is 14.2 Å². The molecule has 0 saturated carbocycles. The van der Waals surface area contributed by atoms with Crippen LogP contribution in [0.15, 0.2) is 42.5 Å². The molecule has 0 radical (unpaired) electrons. The van der Waals surface area contributed by atoms with Crippen molar-refractivity contribution < 1.29 is 14.2 Å². The van der Waals surface area contributed by atoms with Crippen LogP contribution in [-0.4, -0.2) is 59.5 Å². The molecule has 0 aliphatic carbocycles. The highest BCUT2D eigenvalue weighted by atomic mass is 16.5. The molecule has 32 heavy (non-hydrogen) atoms. The monoisotopic (exact) mass is 437 g/mol. The molecule has 1 atom stereocenters. The molecule has 2 aromatic carbocycles. The lowest BCUT2D eigenvalue weighted by molar-refractivity contribution is 0.150. The van der Waals surface area contributed by atoms with Gasteiger partial charge in [0.25, 0.3) is 0 Å². The predicted octanol–water partition coefficient (Wildman–Crippen LogP) is 3.57. The van der Waals surface area contributed by atoms with E-state index >= 15 is 0 Å². The second kappa shape index (κ2) is 9.99. The first kappa shape index (κ1) is 22.1. The van der Waals surface area contributed by atoms with Crippen LogP contribution in [0.2, 0.25) is 0 Å². The van der Waals surface area contributed by atoms with Crippen LogP contribution in [0.1, 0.15) is 42.8 Å². The van der Waals surface area contributed by atoms with Gasteiger partial charge in [0.2, 0.25) is 0 Å². The Morgan fingerprint density at radius 3 is 2.31 bits per heavy atom. The van der Waals surface area contributed by atoms with Gasteiger partial charge in [-0.2, -0.15) is 0 Å². The van der Waals surface area contributed by atoms with Gasteiger partial charge in [0, 0.05) is 0 Å². The average molecular weight is 438 g/mol. The van der Waals surface area contributed by atoms with Gasteiger partial charge in [-0.1, -0.05) is 25.1 Å². The van der Waals surface area contributed by atoms with Crippen LogP contribution in [0.25, 0.3) is 0 Å². The van der Waals surface area contributed by atoms with Crippen LogP contribution in [0, 0.1) is 5.92 Å². The minimum atomic E-state index is -0.0736. The quantitative estimate of drug-likeness (QED) is 0.533. The summed E-state index contributed by atoms with van der Waals surface area (Å²) in [4.78, 5) is 2.47. The van der Waals surface area contributed by atoms with E-state index in [1.807, 2.05) is 41.1 Å². The molecule has 1 fully saturated rings. The zero-order valence-electron chi connectivity index (χ0n) is 19.2. The van der Waals surface area contributed by atoms with Crippen molar-refractivity contribution in [1.29, 1.82) is 0 Å². The Kier molecular flexibility index (Phi) is 6.90. The Bertz CT molecular complexity index is 1010. The van der Waals surface area contributed by atoms with Gasteiger partial charge >= 0.3 is 0 Å². The maximum atomic E-state index is 5.58. The van der Waals surface area contributed by atoms with Crippen molar-refractivity contribution in [1.82, 2.24) is 25.1 Å². The van der Waals surface area contributed by atoms with E-state index in [1.165, 1.54) is 0 Å². The van der Waals surface area contributed by atoms with Crippen LogP contribution in [0.4, 0.5) is 0 Å². The van der Waals surface area contributed by atoms with Gasteiger partial charge in [-0.3, -0.25) is 4.90 Å². The molecule has 2 heterocycles. The number of likely N-dealkylation sites (tertiary alicyclic amines) is 1. The van der Waals surface area contributed by atoms with E-state index in [2.05, 4.69) is 33.4 Å². The number of nitrogens with zero attached hydrogens (tertiary/aromatic N) is 5. The first-order valence-corrected chi connectivity index (χ1v) is 11.0. The van der Waals surface area contributed by atoms with Crippen molar-refractivity contribution in [2.75, 3.05) is 34.4 Å². The molecule has 1 aliphatic heterocycles. The van der Waals surface area contributed by atoms with Gasteiger partial charge in [-0.05, 0) is 77.7 Å². The third-order valence-electron chi connectivity index (χ3n) is 6.20. The molecule has 3 aromatic rings. The molecule has 0 amide bonds. The Labute approximate surface area is 189 Å². The van der Waals surface area contributed by atoms with Crippen LogP contribution < -0.4 is 14.2 Å². The summed E-state index contributed by atoms with van der Waals surface area (Å²) in [5, 5.41) is 12.8. The van der Waals surface area contributed by atoms with E-state index in [0.29, 0.717) is 18.0 Å². The largest absolute Gasteiger partial charge is 0.497 e. The molecule has 1 unspecified atom stereocenters. The molecule has 1 aromatic heterocycles. The third-order valence-corrected chi connectivity index (χ3v) is 6.20. The van der Waals surface area contributed by atoms with Gasteiger partial charge in [0.15, 0.2) is 17.3 Å². The highest BCUT2D eigenvalue weighted by molar-refractivity contribution is 5.45. The summed E-state index contributed by atoms with van der Waals surface area (Å²) in [6, 6.07) is 14.0. The highest BCUT2D eigenvalue weighted by Crippen LogP contribution is 2.36. The number of methoxy groups -OCH3 is 3. The molecule has 1 aliphatic rings. The standard InChI is InChI=1S/C24H31N5O3/c1-17-11-13-28(14-12-17)23(19-7-10-21(31-3)22(15-19)32-4)24-25-26-27-29(24)16-18-5-8-20(30-2)9-6-18/h5-10,15,17,23H,11-14,16H2,1-4H3. The summed E-state index contributed by atoms with van der Waals surface area (Å²) in [6.07, 6.45) is 2.31.